The van der Waals surface area contributed by atoms with E-state index in [1.165, 1.54) is 36.0 Å². The molecule has 1 heterocycles. The van der Waals surface area contributed by atoms with Crippen LogP contribution < -0.4 is 5.32 Å². The number of carbonyl (C=O) groups excluding carboxylic acids is 2. The Morgan fingerprint density at radius 2 is 1.92 bits per heavy atom. The van der Waals surface area contributed by atoms with Crippen molar-refractivity contribution in [2.75, 3.05) is 11.9 Å². The second kappa shape index (κ2) is 8.14. The van der Waals surface area contributed by atoms with E-state index in [2.05, 4.69) is 10.3 Å². The maximum absolute atomic E-state index is 13.1. The Kier molecular flexibility index (Phi) is 5.68. The van der Waals surface area contributed by atoms with Gasteiger partial charge in [-0.25, -0.2) is 9.38 Å². The predicted octanol–water partition coefficient (Wildman–Crippen LogP) is 3.81. The van der Waals surface area contributed by atoms with Gasteiger partial charge in [0.1, 0.15) is 11.1 Å². The maximum Gasteiger partial charge on any atom is 0.238 e. The lowest BCUT2D eigenvalue weighted by Gasteiger charge is -2.30. The van der Waals surface area contributed by atoms with E-state index in [4.69, 9.17) is 0 Å². The van der Waals surface area contributed by atoms with Crippen LogP contribution >= 0.6 is 11.8 Å². The first kappa shape index (κ1) is 18.1. The number of benzene rings is 2. The number of nitrogens with one attached hydrogen (secondary N) is 1. The molecule has 134 valence electrons. The van der Waals surface area contributed by atoms with Crippen LogP contribution in [0.5, 0.6) is 0 Å². The third-order valence-corrected chi connectivity index (χ3v) is 5.03. The number of anilines is 1. The van der Waals surface area contributed by atoms with Gasteiger partial charge in [-0.1, -0.05) is 30.0 Å². The van der Waals surface area contributed by atoms with Crippen molar-refractivity contribution in [2.24, 2.45) is 4.99 Å². The Labute approximate surface area is 155 Å². The summed E-state index contributed by atoms with van der Waals surface area (Å²) in [5.41, 5.74) is 1.21. The fraction of sp³-hybridized carbons (Fsp3) is 0.211. The Bertz CT molecular complexity index is 824. The van der Waals surface area contributed by atoms with Gasteiger partial charge in [0.25, 0.3) is 0 Å². The lowest BCUT2D eigenvalue weighted by Crippen LogP contribution is -2.45. The molecule has 0 unspecified atom stereocenters. The normalized spacial score (nSPS) is 18.8. The summed E-state index contributed by atoms with van der Waals surface area (Å²) in [6.07, 6.45) is 0.111. The maximum atomic E-state index is 13.1. The van der Waals surface area contributed by atoms with Gasteiger partial charge in [-0.2, -0.15) is 0 Å². The third kappa shape index (κ3) is 4.29. The molecule has 2 amide bonds. The zero-order valence-electron chi connectivity index (χ0n) is 14.2. The molecule has 1 fully saturated rings. The van der Waals surface area contributed by atoms with Gasteiger partial charge in [0.2, 0.25) is 11.8 Å². The van der Waals surface area contributed by atoms with Crippen LogP contribution in [0.1, 0.15) is 13.3 Å². The number of nitrogens with zero attached hydrogens (tertiary/aromatic N) is 2. The number of carbonyl (C=O) groups is 2. The highest BCUT2D eigenvalue weighted by Crippen LogP contribution is 2.29. The van der Waals surface area contributed by atoms with Crippen molar-refractivity contribution in [3.8, 4) is 0 Å². The van der Waals surface area contributed by atoms with Crippen molar-refractivity contribution in [3.05, 3.63) is 60.4 Å². The Morgan fingerprint density at radius 1 is 1.23 bits per heavy atom. The van der Waals surface area contributed by atoms with Crippen molar-refractivity contribution in [1.82, 2.24) is 4.90 Å². The number of thioether (sulfide) groups is 1. The summed E-state index contributed by atoms with van der Waals surface area (Å²) in [4.78, 5) is 31.0. The zero-order valence-corrected chi connectivity index (χ0v) is 15.0. The Morgan fingerprint density at radius 3 is 2.58 bits per heavy atom. The number of hydrogen-bond donors (Lipinski definition) is 1. The van der Waals surface area contributed by atoms with Gasteiger partial charge in [-0.15, -0.1) is 0 Å². The van der Waals surface area contributed by atoms with Gasteiger partial charge in [-0.05, 0) is 43.3 Å². The molecule has 1 saturated heterocycles. The van der Waals surface area contributed by atoms with Crippen LogP contribution in [-0.2, 0) is 9.59 Å². The monoisotopic (exact) mass is 371 g/mol. The molecular weight excluding hydrogens is 353 g/mol. The fourth-order valence-electron chi connectivity index (χ4n) is 2.52. The van der Waals surface area contributed by atoms with E-state index >= 15 is 0 Å². The topological polar surface area (TPSA) is 61.8 Å². The van der Waals surface area contributed by atoms with Gasteiger partial charge in [0, 0.05) is 18.7 Å². The van der Waals surface area contributed by atoms with Gasteiger partial charge in [0.15, 0.2) is 5.17 Å². The summed E-state index contributed by atoms with van der Waals surface area (Å²) in [7, 11) is 0. The van der Waals surface area contributed by atoms with Crippen LogP contribution in [0.25, 0.3) is 0 Å². The predicted molar refractivity (Wildman–Crippen MR) is 102 cm³/mol. The minimum absolute atomic E-state index is 0.111. The quantitative estimate of drug-likeness (QED) is 0.889. The molecule has 7 heteroatoms. The molecular formula is C19H18FN3O2S. The molecule has 1 N–H and O–H groups in total. The van der Waals surface area contributed by atoms with Crippen LogP contribution in [0.3, 0.4) is 0 Å². The highest BCUT2D eigenvalue weighted by Gasteiger charge is 2.35. The third-order valence-electron chi connectivity index (χ3n) is 3.84. The van der Waals surface area contributed by atoms with E-state index < -0.39 is 5.25 Å². The molecule has 1 aliphatic heterocycles. The molecule has 0 radical (unpaired) electrons. The fourth-order valence-corrected chi connectivity index (χ4v) is 3.69. The number of rotatable bonds is 4. The van der Waals surface area contributed by atoms with E-state index in [-0.39, 0.29) is 24.1 Å². The van der Waals surface area contributed by atoms with E-state index in [0.717, 1.165) is 0 Å². The first-order chi connectivity index (χ1) is 12.6. The van der Waals surface area contributed by atoms with E-state index in [1.807, 2.05) is 25.1 Å². The molecule has 2 aromatic rings. The highest BCUT2D eigenvalue weighted by molar-refractivity contribution is 8.15. The SMILES string of the molecule is CCN1C(=O)C[C@@H](C(=O)Nc2ccccc2)SC1=Nc1ccc(F)cc1. The summed E-state index contributed by atoms with van der Waals surface area (Å²) in [5.74, 6) is -0.744. The van der Waals surface area contributed by atoms with Crippen LogP contribution in [-0.4, -0.2) is 33.7 Å². The van der Waals surface area contributed by atoms with E-state index in [0.29, 0.717) is 23.1 Å². The van der Waals surface area contributed by atoms with Crippen LogP contribution in [0.2, 0.25) is 0 Å². The molecule has 0 saturated carbocycles. The minimum Gasteiger partial charge on any atom is -0.325 e. The molecule has 0 aromatic heterocycles. The van der Waals surface area contributed by atoms with E-state index in [1.54, 1.807) is 17.0 Å². The largest absolute Gasteiger partial charge is 0.325 e. The molecule has 26 heavy (non-hydrogen) atoms. The lowest BCUT2D eigenvalue weighted by molar-refractivity contribution is -0.129. The molecule has 3 rings (SSSR count). The van der Waals surface area contributed by atoms with Crippen molar-refractivity contribution in [1.29, 1.82) is 0 Å². The van der Waals surface area contributed by atoms with Crippen LogP contribution in [0.15, 0.2) is 59.6 Å². The number of amides is 2. The smallest absolute Gasteiger partial charge is 0.238 e. The summed E-state index contributed by atoms with van der Waals surface area (Å²) in [6.45, 7) is 2.31. The lowest BCUT2D eigenvalue weighted by atomic mass is 10.2. The number of para-hydroxylation sites is 1. The number of aliphatic imine (C=N–C) groups is 1. The van der Waals surface area contributed by atoms with Gasteiger partial charge in [-0.3, -0.25) is 14.5 Å². The summed E-state index contributed by atoms with van der Waals surface area (Å²) in [5, 5.41) is 2.70. The van der Waals surface area contributed by atoms with Gasteiger partial charge in [0.05, 0.1) is 5.69 Å². The van der Waals surface area contributed by atoms with Gasteiger partial charge >= 0.3 is 0 Å². The summed E-state index contributed by atoms with van der Waals surface area (Å²) >= 11 is 1.24. The molecule has 5 nitrogen and oxygen atoms in total. The van der Waals surface area contributed by atoms with E-state index in [9.17, 15) is 14.0 Å². The second-order valence-corrected chi connectivity index (χ2v) is 6.84. The van der Waals surface area contributed by atoms with Crippen molar-refractivity contribution in [2.45, 2.75) is 18.6 Å². The Balaban J connectivity index is 1.80. The number of amidine groups is 1. The second-order valence-electron chi connectivity index (χ2n) is 5.67. The molecule has 1 aliphatic rings. The van der Waals surface area contributed by atoms with Crippen molar-refractivity contribution >= 4 is 40.1 Å². The highest BCUT2D eigenvalue weighted by atomic mass is 32.2. The first-order valence-corrected chi connectivity index (χ1v) is 9.12. The minimum atomic E-state index is -0.565. The number of hydrogen-bond acceptors (Lipinski definition) is 4. The van der Waals surface area contributed by atoms with Crippen LogP contribution in [0.4, 0.5) is 15.8 Å². The first-order valence-electron chi connectivity index (χ1n) is 8.24. The molecule has 0 bridgehead atoms. The van der Waals surface area contributed by atoms with Crippen LogP contribution in [0, 0.1) is 5.82 Å². The van der Waals surface area contributed by atoms with Crippen molar-refractivity contribution in [3.63, 3.8) is 0 Å². The zero-order chi connectivity index (χ0) is 18.5. The Hall–Kier alpha value is -2.67. The number of halogens is 1. The van der Waals surface area contributed by atoms with Gasteiger partial charge < -0.3 is 5.32 Å². The van der Waals surface area contributed by atoms with Crippen molar-refractivity contribution < 1.29 is 14.0 Å². The molecule has 2 aromatic carbocycles. The summed E-state index contributed by atoms with van der Waals surface area (Å²) < 4.78 is 13.1. The summed E-state index contributed by atoms with van der Waals surface area (Å²) in [6, 6.07) is 14.8. The average Bonchev–Trinajstić information content (AvgIpc) is 2.64. The standard InChI is InChI=1S/C19H18FN3O2S/c1-2-23-17(24)12-16(18(25)21-14-6-4-3-5-7-14)26-19(23)22-15-10-8-13(20)9-11-15/h3-11,16H,2,12H2,1H3,(H,21,25)/t16-/m0/s1. The average molecular weight is 371 g/mol. The molecule has 0 aliphatic carbocycles. The molecule has 1 atom stereocenters. The molecule has 0 spiro atoms.